The summed E-state index contributed by atoms with van der Waals surface area (Å²) in [5.74, 6) is 0.940. The molecule has 2 unspecified atom stereocenters. The van der Waals surface area contributed by atoms with E-state index in [0.717, 1.165) is 42.9 Å². The van der Waals surface area contributed by atoms with Crippen LogP contribution in [0.15, 0.2) is 36.5 Å². The lowest BCUT2D eigenvalue weighted by Crippen LogP contribution is -2.45. The summed E-state index contributed by atoms with van der Waals surface area (Å²) < 4.78 is 5.78. The van der Waals surface area contributed by atoms with Crippen LogP contribution in [0.2, 0.25) is 0 Å². The number of carbonyl (C=O) groups is 1. The molecule has 2 heterocycles. The highest BCUT2D eigenvalue weighted by molar-refractivity contribution is 5.94. The predicted molar refractivity (Wildman–Crippen MR) is 106 cm³/mol. The molecule has 27 heavy (non-hydrogen) atoms. The van der Waals surface area contributed by atoms with E-state index in [9.17, 15) is 4.79 Å². The van der Waals surface area contributed by atoms with E-state index in [4.69, 9.17) is 4.74 Å². The van der Waals surface area contributed by atoms with Gasteiger partial charge in [0.2, 0.25) is 0 Å². The summed E-state index contributed by atoms with van der Waals surface area (Å²) in [6, 6.07) is 10.1. The number of morpholine rings is 1. The van der Waals surface area contributed by atoms with Gasteiger partial charge >= 0.3 is 0 Å². The van der Waals surface area contributed by atoms with Crippen LogP contribution in [0, 0.1) is 0 Å². The Hall–Kier alpha value is -2.40. The fourth-order valence-corrected chi connectivity index (χ4v) is 4.07. The first-order chi connectivity index (χ1) is 13.1. The molecule has 0 radical (unpaired) electrons. The van der Waals surface area contributed by atoms with Gasteiger partial charge in [-0.1, -0.05) is 12.1 Å². The molecule has 1 amide bonds. The predicted octanol–water partition coefficient (Wildman–Crippen LogP) is 3.11. The van der Waals surface area contributed by atoms with Gasteiger partial charge in [0.1, 0.15) is 5.82 Å². The third kappa shape index (κ3) is 4.14. The smallest absolute Gasteiger partial charge is 0.251 e. The number of hydrogen-bond acceptors (Lipinski definition) is 4. The Morgan fingerprint density at radius 3 is 2.67 bits per heavy atom. The molecule has 0 spiro atoms. The number of rotatable bonds is 4. The molecular formula is C22H27N3O2. The number of amides is 1. The van der Waals surface area contributed by atoms with Crippen LogP contribution in [0.3, 0.4) is 0 Å². The number of aryl methyl sites for hydroxylation is 2. The quantitative estimate of drug-likeness (QED) is 0.905. The molecule has 2 aromatic rings. The fraction of sp³-hybridized carbons (Fsp3) is 0.455. The number of hydrogen-bond donors (Lipinski definition) is 1. The summed E-state index contributed by atoms with van der Waals surface area (Å²) in [6.07, 6.45) is 5.68. The van der Waals surface area contributed by atoms with Crippen LogP contribution < -0.4 is 10.2 Å². The van der Waals surface area contributed by atoms with Crippen LogP contribution in [0.5, 0.6) is 0 Å². The van der Waals surface area contributed by atoms with Crippen LogP contribution in [-0.4, -0.2) is 36.2 Å². The van der Waals surface area contributed by atoms with Gasteiger partial charge < -0.3 is 15.0 Å². The topological polar surface area (TPSA) is 54.5 Å². The number of benzene rings is 1. The zero-order valence-corrected chi connectivity index (χ0v) is 16.1. The second-order valence-corrected chi connectivity index (χ2v) is 7.71. The molecule has 1 aromatic carbocycles. The summed E-state index contributed by atoms with van der Waals surface area (Å²) in [5, 5.41) is 3.01. The number of fused-ring (bicyclic) bond motifs is 1. The van der Waals surface area contributed by atoms with E-state index in [1.807, 2.05) is 30.5 Å². The van der Waals surface area contributed by atoms with Gasteiger partial charge in [-0.2, -0.15) is 0 Å². The molecule has 1 aliphatic carbocycles. The van der Waals surface area contributed by atoms with E-state index in [-0.39, 0.29) is 18.1 Å². The van der Waals surface area contributed by atoms with Gasteiger partial charge in [-0.25, -0.2) is 4.98 Å². The third-order valence-corrected chi connectivity index (χ3v) is 5.37. The normalized spacial score (nSPS) is 21.8. The Morgan fingerprint density at radius 1 is 1.15 bits per heavy atom. The molecule has 5 nitrogen and oxygen atoms in total. The van der Waals surface area contributed by atoms with E-state index >= 15 is 0 Å². The number of carbonyl (C=O) groups excluding carboxylic acids is 1. The third-order valence-electron chi connectivity index (χ3n) is 5.37. The van der Waals surface area contributed by atoms with Gasteiger partial charge in [0, 0.05) is 31.4 Å². The summed E-state index contributed by atoms with van der Waals surface area (Å²) in [5.41, 5.74) is 4.46. The molecule has 4 rings (SSSR count). The van der Waals surface area contributed by atoms with Crippen molar-refractivity contribution in [2.24, 2.45) is 0 Å². The van der Waals surface area contributed by atoms with Gasteiger partial charge in [-0.05, 0) is 68.0 Å². The van der Waals surface area contributed by atoms with Gasteiger partial charge in [-0.15, -0.1) is 0 Å². The molecular weight excluding hydrogens is 338 g/mol. The van der Waals surface area contributed by atoms with Crippen molar-refractivity contribution in [3.8, 4) is 0 Å². The monoisotopic (exact) mass is 365 g/mol. The molecule has 1 fully saturated rings. The summed E-state index contributed by atoms with van der Waals surface area (Å²) >= 11 is 0. The number of nitrogens with one attached hydrogen (secondary N) is 1. The van der Waals surface area contributed by atoms with Crippen molar-refractivity contribution in [3.05, 3.63) is 58.8 Å². The number of pyridine rings is 1. The van der Waals surface area contributed by atoms with E-state index in [1.165, 1.54) is 17.5 Å². The van der Waals surface area contributed by atoms with Crippen molar-refractivity contribution in [3.63, 3.8) is 0 Å². The average molecular weight is 365 g/mol. The lowest BCUT2D eigenvalue weighted by Gasteiger charge is -2.36. The van der Waals surface area contributed by atoms with Crippen LogP contribution >= 0.6 is 0 Å². The second kappa shape index (κ2) is 7.69. The summed E-state index contributed by atoms with van der Waals surface area (Å²) in [4.78, 5) is 19.3. The molecule has 1 aliphatic heterocycles. The number of aromatic nitrogens is 1. The standard InChI is InChI=1S/C22H27N3O2/c1-15-13-25(14-16(2)27-15)21-9-6-17(11-23-21)12-24-22(26)20-8-7-18-4-3-5-19(18)10-20/h6-11,15-16H,3-5,12-14H2,1-2H3,(H,24,26). The maximum Gasteiger partial charge on any atom is 0.251 e. The van der Waals surface area contributed by atoms with Crippen molar-refractivity contribution >= 4 is 11.7 Å². The number of nitrogens with zero attached hydrogens (tertiary/aromatic N) is 2. The highest BCUT2D eigenvalue weighted by Gasteiger charge is 2.23. The van der Waals surface area contributed by atoms with Crippen molar-refractivity contribution in [2.75, 3.05) is 18.0 Å². The minimum Gasteiger partial charge on any atom is -0.372 e. The molecule has 1 saturated heterocycles. The minimum atomic E-state index is -0.0235. The molecule has 1 aromatic heterocycles. The van der Waals surface area contributed by atoms with E-state index in [1.54, 1.807) is 0 Å². The number of ether oxygens (including phenoxy) is 1. The lowest BCUT2D eigenvalue weighted by molar-refractivity contribution is -0.00546. The SMILES string of the molecule is CC1CN(c2ccc(CNC(=O)c3ccc4c(c3)CCC4)cn2)CC(C)O1. The summed E-state index contributed by atoms with van der Waals surface area (Å²) in [7, 11) is 0. The maximum absolute atomic E-state index is 12.5. The molecule has 0 bridgehead atoms. The van der Waals surface area contributed by atoms with Gasteiger partial charge in [0.25, 0.3) is 5.91 Å². The lowest BCUT2D eigenvalue weighted by atomic mass is 10.1. The number of anilines is 1. The first-order valence-electron chi connectivity index (χ1n) is 9.84. The molecule has 2 aliphatic rings. The van der Waals surface area contributed by atoms with E-state index in [2.05, 4.69) is 35.1 Å². The van der Waals surface area contributed by atoms with Crippen molar-refractivity contribution < 1.29 is 9.53 Å². The highest BCUT2D eigenvalue weighted by atomic mass is 16.5. The zero-order valence-electron chi connectivity index (χ0n) is 16.1. The van der Waals surface area contributed by atoms with Crippen LogP contribution in [0.4, 0.5) is 5.82 Å². The van der Waals surface area contributed by atoms with Crippen molar-refractivity contribution in [2.45, 2.75) is 51.9 Å². The van der Waals surface area contributed by atoms with Crippen LogP contribution in [0.25, 0.3) is 0 Å². The zero-order chi connectivity index (χ0) is 18.8. The average Bonchev–Trinajstić information content (AvgIpc) is 3.13. The second-order valence-electron chi connectivity index (χ2n) is 7.71. The Morgan fingerprint density at radius 2 is 1.93 bits per heavy atom. The molecule has 142 valence electrons. The molecule has 5 heteroatoms. The minimum absolute atomic E-state index is 0.0235. The van der Waals surface area contributed by atoms with Crippen molar-refractivity contribution in [1.82, 2.24) is 10.3 Å². The van der Waals surface area contributed by atoms with Crippen LogP contribution in [0.1, 0.15) is 47.3 Å². The highest BCUT2D eigenvalue weighted by Crippen LogP contribution is 2.23. The Bertz CT molecular complexity index is 809. The Labute approximate surface area is 160 Å². The first-order valence-corrected chi connectivity index (χ1v) is 9.84. The van der Waals surface area contributed by atoms with Gasteiger partial charge in [0.15, 0.2) is 0 Å². The van der Waals surface area contributed by atoms with Crippen molar-refractivity contribution in [1.29, 1.82) is 0 Å². The van der Waals surface area contributed by atoms with Gasteiger partial charge in [-0.3, -0.25) is 4.79 Å². The van der Waals surface area contributed by atoms with E-state index in [0.29, 0.717) is 6.54 Å². The molecule has 0 saturated carbocycles. The summed E-state index contributed by atoms with van der Waals surface area (Å²) in [6.45, 7) is 6.37. The van der Waals surface area contributed by atoms with Crippen LogP contribution in [-0.2, 0) is 24.1 Å². The molecule has 2 atom stereocenters. The Balaban J connectivity index is 1.35. The largest absolute Gasteiger partial charge is 0.372 e. The Kier molecular flexibility index (Phi) is 5.12. The van der Waals surface area contributed by atoms with Gasteiger partial charge in [0.05, 0.1) is 12.2 Å². The maximum atomic E-state index is 12.5. The molecule has 1 N–H and O–H groups in total. The van der Waals surface area contributed by atoms with E-state index < -0.39 is 0 Å². The fourth-order valence-electron chi connectivity index (χ4n) is 4.07. The first kappa shape index (κ1) is 18.0.